The number of thiocarbonyl (C=S) groups is 1. The molecule has 2 aromatic rings. The smallest absolute Gasteiger partial charge is 0.171 e. The summed E-state index contributed by atoms with van der Waals surface area (Å²) in [5.41, 5.74) is 1.46. The molecule has 0 spiro atoms. The molecule has 0 radical (unpaired) electrons. The highest BCUT2D eigenvalue weighted by atomic mass is 32.1. The van der Waals surface area contributed by atoms with Gasteiger partial charge in [0.1, 0.15) is 11.6 Å². The average Bonchev–Trinajstić information content (AvgIpc) is 2.55. The van der Waals surface area contributed by atoms with Gasteiger partial charge in [-0.25, -0.2) is 4.39 Å². The van der Waals surface area contributed by atoms with Crippen molar-refractivity contribution in [3.63, 3.8) is 0 Å². The van der Waals surface area contributed by atoms with E-state index < -0.39 is 0 Å². The van der Waals surface area contributed by atoms with Gasteiger partial charge in [0.05, 0.1) is 18.8 Å². The minimum atomic E-state index is -0.331. The van der Waals surface area contributed by atoms with Gasteiger partial charge in [-0.15, -0.1) is 0 Å². The molecular weight excluding hydrogens is 311 g/mol. The molecule has 2 N–H and O–H groups in total. The number of nitrogens with one attached hydrogen (secondary N) is 2. The molecular formula is C18H21FN2OS. The van der Waals surface area contributed by atoms with Crippen LogP contribution < -0.4 is 15.4 Å². The van der Waals surface area contributed by atoms with E-state index >= 15 is 0 Å². The van der Waals surface area contributed by atoms with Gasteiger partial charge in [0.2, 0.25) is 0 Å². The van der Waals surface area contributed by atoms with Crippen LogP contribution in [-0.2, 0) is 0 Å². The molecule has 5 heteroatoms. The minimum Gasteiger partial charge on any atom is -0.497 e. The molecule has 0 bridgehead atoms. The van der Waals surface area contributed by atoms with E-state index in [0.717, 1.165) is 11.3 Å². The first kappa shape index (κ1) is 17.2. The summed E-state index contributed by atoms with van der Waals surface area (Å²) in [7, 11) is 1.64. The Morgan fingerprint density at radius 3 is 2.30 bits per heavy atom. The third-order valence-electron chi connectivity index (χ3n) is 3.55. The van der Waals surface area contributed by atoms with Crippen LogP contribution in [0.3, 0.4) is 0 Å². The van der Waals surface area contributed by atoms with E-state index in [9.17, 15) is 4.39 Å². The van der Waals surface area contributed by atoms with Crippen LogP contribution in [0.5, 0.6) is 5.75 Å². The summed E-state index contributed by atoms with van der Waals surface area (Å²) in [5.74, 6) is 0.786. The van der Waals surface area contributed by atoms with Gasteiger partial charge in [-0.3, -0.25) is 0 Å². The maximum atomic E-state index is 13.7. The van der Waals surface area contributed by atoms with Crippen LogP contribution in [0, 0.1) is 11.7 Å². The first-order valence-corrected chi connectivity index (χ1v) is 7.88. The Labute approximate surface area is 141 Å². The lowest BCUT2D eigenvalue weighted by Crippen LogP contribution is -2.35. The van der Waals surface area contributed by atoms with E-state index in [-0.39, 0.29) is 11.9 Å². The van der Waals surface area contributed by atoms with Gasteiger partial charge in [0.15, 0.2) is 5.11 Å². The average molecular weight is 332 g/mol. The van der Waals surface area contributed by atoms with Gasteiger partial charge >= 0.3 is 0 Å². The largest absolute Gasteiger partial charge is 0.497 e. The number of para-hydroxylation sites is 1. The number of benzene rings is 2. The summed E-state index contributed by atoms with van der Waals surface area (Å²) in [4.78, 5) is 0. The monoisotopic (exact) mass is 332 g/mol. The second-order valence-corrected chi connectivity index (χ2v) is 5.98. The lowest BCUT2D eigenvalue weighted by Gasteiger charge is -2.25. The zero-order valence-electron chi connectivity index (χ0n) is 13.5. The normalized spacial score (nSPS) is 11.9. The van der Waals surface area contributed by atoms with Gasteiger partial charge in [0, 0.05) is 0 Å². The molecule has 0 aromatic heterocycles. The number of rotatable bonds is 5. The molecule has 0 aliphatic carbocycles. The Balaban J connectivity index is 2.09. The summed E-state index contributed by atoms with van der Waals surface area (Å²) in [5, 5.41) is 6.56. The van der Waals surface area contributed by atoms with Crippen LogP contribution in [0.4, 0.5) is 10.1 Å². The van der Waals surface area contributed by atoms with Gasteiger partial charge in [-0.05, 0) is 48.0 Å². The number of hydrogen-bond donors (Lipinski definition) is 2. The molecule has 23 heavy (non-hydrogen) atoms. The number of ether oxygens (including phenoxy) is 1. The van der Waals surface area contributed by atoms with Crippen molar-refractivity contribution in [1.29, 1.82) is 0 Å². The van der Waals surface area contributed by atoms with Gasteiger partial charge in [-0.2, -0.15) is 0 Å². The van der Waals surface area contributed by atoms with Crippen molar-refractivity contribution in [2.24, 2.45) is 5.92 Å². The van der Waals surface area contributed by atoms with E-state index in [4.69, 9.17) is 17.0 Å². The highest BCUT2D eigenvalue weighted by molar-refractivity contribution is 7.80. The van der Waals surface area contributed by atoms with Crippen molar-refractivity contribution in [2.45, 2.75) is 19.9 Å². The Kier molecular flexibility index (Phi) is 5.93. The van der Waals surface area contributed by atoms with E-state index in [1.165, 1.54) is 6.07 Å². The molecule has 0 saturated heterocycles. The molecule has 0 aliphatic heterocycles. The van der Waals surface area contributed by atoms with E-state index in [1.807, 2.05) is 24.3 Å². The Hall–Kier alpha value is -2.14. The molecule has 2 aromatic carbocycles. The molecule has 122 valence electrons. The van der Waals surface area contributed by atoms with Crippen molar-refractivity contribution in [3.8, 4) is 5.75 Å². The Morgan fingerprint density at radius 2 is 1.74 bits per heavy atom. The highest BCUT2D eigenvalue weighted by Gasteiger charge is 2.17. The predicted molar refractivity (Wildman–Crippen MR) is 96.3 cm³/mol. The van der Waals surface area contributed by atoms with Crippen molar-refractivity contribution >= 4 is 23.0 Å². The highest BCUT2D eigenvalue weighted by Crippen LogP contribution is 2.24. The van der Waals surface area contributed by atoms with Crippen LogP contribution in [-0.4, -0.2) is 12.2 Å². The molecule has 2 rings (SSSR count). The quantitative estimate of drug-likeness (QED) is 0.789. The fourth-order valence-corrected chi connectivity index (χ4v) is 2.55. The van der Waals surface area contributed by atoms with Crippen LogP contribution in [0.25, 0.3) is 0 Å². The zero-order chi connectivity index (χ0) is 16.8. The van der Waals surface area contributed by atoms with Crippen molar-refractivity contribution < 1.29 is 9.13 Å². The third-order valence-corrected chi connectivity index (χ3v) is 3.77. The van der Waals surface area contributed by atoms with Crippen LogP contribution in [0.2, 0.25) is 0 Å². The zero-order valence-corrected chi connectivity index (χ0v) is 14.3. The number of methoxy groups -OCH3 is 1. The fraction of sp³-hybridized carbons (Fsp3) is 0.278. The maximum Gasteiger partial charge on any atom is 0.171 e. The van der Waals surface area contributed by atoms with Crippen LogP contribution in [0.15, 0.2) is 48.5 Å². The molecule has 0 heterocycles. The Morgan fingerprint density at radius 1 is 1.09 bits per heavy atom. The van der Waals surface area contributed by atoms with Crippen molar-refractivity contribution in [2.75, 3.05) is 12.4 Å². The molecule has 3 nitrogen and oxygen atoms in total. The maximum absolute atomic E-state index is 13.7. The SMILES string of the molecule is COc1ccc([C@H](NC(=S)Nc2ccccc2F)C(C)C)cc1. The topological polar surface area (TPSA) is 33.3 Å². The standard InChI is InChI=1S/C18H21FN2OS/c1-12(2)17(13-8-10-14(22-3)11-9-13)21-18(23)20-16-7-5-4-6-15(16)19/h4-12,17H,1-3H3,(H2,20,21,23)/t17-/m1/s1. The summed E-state index contributed by atoms with van der Waals surface area (Å²) < 4.78 is 18.9. The second-order valence-electron chi connectivity index (χ2n) is 5.57. The molecule has 0 unspecified atom stereocenters. The lowest BCUT2D eigenvalue weighted by molar-refractivity contribution is 0.413. The number of halogens is 1. The minimum absolute atomic E-state index is 0.0210. The summed E-state index contributed by atoms with van der Waals surface area (Å²) in [6.07, 6.45) is 0. The predicted octanol–water partition coefficient (Wildman–Crippen LogP) is 4.52. The number of hydrogen-bond acceptors (Lipinski definition) is 2. The second kappa shape index (κ2) is 7.92. The Bertz CT molecular complexity index is 658. The fourth-order valence-electron chi connectivity index (χ4n) is 2.31. The van der Waals surface area contributed by atoms with E-state index in [0.29, 0.717) is 16.7 Å². The lowest BCUT2D eigenvalue weighted by atomic mass is 9.96. The molecule has 0 saturated carbocycles. The van der Waals surface area contributed by atoms with Gasteiger partial charge in [0.25, 0.3) is 0 Å². The molecule has 0 aliphatic rings. The van der Waals surface area contributed by atoms with Crippen LogP contribution in [0.1, 0.15) is 25.5 Å². The van der Waals surface area contributed by atoms with E-state index in [1.54, 1.807) is 25.3 Å². The van der Waals surface area contributed by atoms with Gasteiger partial charge < -0.3 is 15.4 Å². The summed E-state index contributed by atoms with van der Waals surface area (Å²) in [6.45, 7) is 4.21. The van der Waals surface area contributed by atoms with Gasteiger partial charge in [-0.1, -0.05) is 38.1 Å². The molecule has 0 fully saturated rings. The first-order chi connectivity index (χ1) is 11.0. The van der Waals surface area contributed by atoms with Crippen molar-refractivity contribution in [1.82, 2.24) is 5.32 Å². The molecule has 1 atom stereocenters. The van der Waals surface area contributed by atoms with E-state index in [2.05, 4.69) is 24.5 Å². The van der Waals surface area contributed by atoms with Crippen molar-refractivity contribution in [3.05, 3.63) is 59.9 Å². The third kappa shape index (κ3) is 4.66. The number of anilines is 1. The summed E-state index contributed by atoms with van der Waals surface area (Å²) in [6, 6.07) is 14.3. The van der Waals surface area contributed by atoms with Crippen LogP contribution >= 0.6 is 12.2 Å². The molecule has 0 amide bonds. The first-order valence-electron chi connectivity index (χ1n) is 7.47. The summed E-state index contributed by atoms with van der Waals surface area (Å²) >= 11 is 5.33.